The van der Waals surface area contributed by atoms with Crippen molar-refractivity contribution in [1.82, 2.24) is 4.90 Å². The van der Waals surface area contributed by atoms with Crippen molar-refractivity contribution in [2.24, 2.45) is 0 Å². The molecule has 1 heterocycles. The number of benzene rings is 2. The van der Waals surface area contributed by atoms with Gasteiger partial charge >= 0.3 is 0 Å². The van der Waals surface area contributed by atoms with E-state index in [9.17, 15) is 4.79 Å². The first kappa shape index (κ1) is 17.3. The smallest absolute Gasteiger partial charge is 0.227 e. The Morgan fingerprint density at radius 1 is 1.08 bits per heavy atom. The summed E-state index contributed by atoms with van der Waals surface area (Å²) in [7, 11) is 3.22. The molecular formula is C21H25NO3. The van der Waals surface area contributed by atoms with Gasteiger partial charge in [-0.2, -0.15) is 0 Å². The number of amides is 1. The largest absolute Gasteiger partial charge is 0.493 e. The number of nitrogens with zero attached hydrogens (tertiary/aromatic N) is 1. The highest BCUT2D eigenvalue weighted by atomic mass is 16.5. The lowest BCUT2D eigenvalue weighted by atomic mass is 10.0. The van der Waals surface area contributed by atoms with Crippen LogP contribution < -0.4 is 9.47 Å². The molecule has 0 bridgehead atoms. The molecule has 1 amide bonds. The van der Waals surface area contributed by atoms with Gasteiger partial charge in [-0.05, 0) is 43.0 Å². The molecule has 4 heteroatoms. The minimum Gasteiger partial charge on any atom is -0.493 e. The fraction of sp³-hybridized carbons (Fsp3) is 0.381. The van der Waals surface area contributed by atoms with Crippen LogP contribution in [0.2, 0.25) is 0 Å². The average molecular weight is 339 g/mol. The molecule has 1 atom stereocenters. The summed E-state index contributed by atoms with van der Waals surface area (Å²) in [6.45, 7) is 2.91. The van der Waals surface area contributed by atoms with Crippen molar-refractivity contribution in [1.29, 1.82) is 0 Å². The van der Waals surface area contributed by atoms with Crippen molar-refractivity contribution in [3.63, 3.8) is 0 Å². The molecule has 0 spiro atoms. The maximum atomic E-state index is 12.9. The highest BCUT2D eigenvalue weighted by Gasteiger charge is 2.29. The van der Waals surface area contributed by atoms with E-state index in [0.717, 1.165) is 24.9 Å². The van der Waals surface area contributed by atoms with E-state index in [1.165, 1.54) is 11.1 Å². The highest BCUT2D eigenvalue weighted by Crippen LogP contribution is 2.33. The number of hydrogen-bond acceptors (Lipinski definition) is 3. The zero-order valence-corrected chi connectivity index (χ0v) is 15.1. The van der Waals surface area contributed by atoms with Gasteiger partial charge in [-0.25, -0.2) is 0 Å². The van der Waals surface area contributed by atoms with Crippen LogP contribution in [-0.2, 0) is 11.2 Å². The van der Waals surface area contributed by atoms with Crippen molar-refractivity contribution < 1.29 is 14.3 Å². The van der Waals surface area contributed by atoms with Gasteiger partial charge in [0.2, 0.25) is 5.91 Å². The summed E-state index contributed by atoms with van der Waals surface area (Å²) < 4.78 is 10.6. The Morgan fingerprint density at radius 3 is 2.48 bits per heavy atom. The molecule has 0 saturated carbocycles. The van der Waals surface area contributed by atoms with E-state index in [0.29, 0.717) is 17.9 Å². The van der Waals surface area contributed by atoms with E-state index in [1.54, 1.807) is 14.2 Å². The van der Waals surface area contributed by atoms with Crippen LogP contribution in [0.15, 0.2) is 42.5 Å². The number of hydrogen-bond donors (Lipinski definition) is 0. The maximum absolute atomic E-state index is 12.9. The minimum atomic E-state index is 0.162. The van der Waals surface area contributed by atoms with Crippen molar-refractivity contribution in [3.05, 3.63) is 59.2 Å². The number of aryl methyl sites for hydroxylation is 1. The van der Waals surface area contributed by atoms with Gasteiger partial charge in [0.1, 0.15) is 0 Å². The molecule has 2 aromatic rings. The summed E-state index contributed by atoms with van der Waals surface area (Å²) in [4.78, 5) is 14.9. The number of ether oxygens (including phenoxy) is 2. The summed E-state index contributed by atoms with van der Waals surface area (Å²) in [5.74, 6) is 1.50. The van der Waals surface area contributed by atoms with E-state index < -0.39 is 0 Å². The molecule has 0 aliphatic carbocycles. The van der Waals surface area contributed by atoms with Crippen molar-refractivity contribution >= 4 is 5.91 Å². The Bertz CT molecular complexity index is 739. The molecule has 1 aliphatic rings. The normalized spacial score (nSPS) is 16.8. The van der Waals surface area contributed by atoms with Crippen LogP contribution >= 0.6 is 0 Å². The second-order valence-electron chi connectivity index (χ2n) is 6.52. The van der Waals surface area contributed by atoms with Crippen LogP contribution in [-0.4, -0.2) is 31.6 Å². The van der Waals surface area contributed by atoms with E-state index in [4.69, 9.17) is 9.47 Å². The van der Waals surface area contributed by atoms with Crippen molar-refractivity contribution in [2.75, 3.05) is 20.8 Å². The van der Waals surface area contributed by atoms with Gasteiger partial charge in [-0.15, -0.1) is 0 Å². The molecule has 0 aromatic heterocycles. The molecular weight excluding hydrogens is 314 g/mol. The number of carbonyl (C=O) groups is 1. The Kier molecular flexibility index (Phi) is 5.27. The minimum absolute atomic E-state index is 0.162. The summed E-state index contributed by atoms with van der Waals surface area (Å²) in [6, 6.07) is 14.4. The Hall–Kier alpha value is -2.49. The van der Waals surface area contributed by atoms with Gasteiger partial charge in [-0.3, -0.25) is 4.79 Å². The lowest BCUT2D eigenvalue weighted by molar-refractivity contribution is -0.131. The van der Waals surface area contributed by atoms with Gasteiger partial charge in [-0.1, -0.05) is 35.9 Å². The summed E-state index contributed by atoms with van der Waals surface area (Å²) in [5, 5.41) is 0. The molecule has 0 N–H and O–H groups in total. The standard InChI is InChI=1S/C21H25NO3/c1-15-6-9-17(10-7-15)18-5-4-12-22(18)21(23)14-16-8-11-19(24-2)20(13-16)25-3/h6-11,13,18H,4-5,12,14H2,1-3H3. The zero-order valence-electron chi connectivity index (χ0n) is 15.1. The third-order valence-corrected chi connectivity index (χ3v) is 4.84. The molecule has 1 fully saturated rings. The highest BCUT2D eigenvalue weighted by molar-refractivity contribution is 5.79. The fourth-order valence-corrected chi connectivity index (χ4v) is 3.47. The molecule has 2 aromatic carbocycles. The predicted octanol–water partition coefficient (Wildman–Crippen LogP) is 3.92. The third kappa shape index (κ3) is 3.78. The monoisotopic (exact) mass is 339 g/mol. The average Bonchev–Trinajstić information content (AvgIpc) is 3.12. The van der Waals surface area contributed by atoms with E-state index in [2.05, 4.69) is 31.2 Å². The van der Waals surface area contributed by atoms with Crippen LogP contribution in [0.1, 0.15) is 35.6 Å². The molecule has 3 rings (SSSR count). The fourth-order valence-electron chi connectivity index (χ4n) is 3.47. The van der Waals surface area contributed by atoms with Crippen molar-refractivity contribution in [2.45, 2.75) is 32.2 Å². The van der Waals surface area contributed by atoms with Gasteiger partial charge in [0.25, 0.3) is 0 Å². The van der Waals surface area contributed by atoms with Gasteiger partial charge < -0.3 is 14.4 Å². The first-order valence-corrected chi connectivity index (χ1v) is 8.69. The Morgan fingerprint density at radius 2 is 1.80 bits per heavy atom. The van der Waals surface area contributed by atoms with Gasteiger partial charge in [0.15, 0.2) is 11.5 Å². The molecule has 25 heavy (non-hydrogen) atoms. The first-order valence-electron chi connectivity index (χ1n) is 8.69. The molecule has 1 saturated heterocycles. The van der Waals surface area contributed by atoms with Crippen LogP contribution in [0.4, 0.5) is 0 Å². The van der Waals surface area contributed by atoms with Crippen LogP contribution in [0, 0.1) is 6.92 Å². The Labute approximate surface area is 149 Å². The summed E-state index contributed by atoms with van der Waals surface area (Å²) in [6.07, 6.45) is 2.46. The molecule has 1 aliphatic heterocycles. The lowest BCUT2D eigenvalue weighted by Crippen LogP contribution is -2.31. The van der Waals surface area contributed by atoms with Gasteiger partial charge in [0, 0.05) is 6.54 Å². The quantitative estimate of drug-likeness (QED) is 0.829. The van der Waals surface area contributed by atoms with E-state index in [-0.39, 0.29) is 11.9 Å². The van der Waals surface area contributed by atoms with Crippen LogP contribution in [0.3, 0.4) is 0 Å². The number of carbonyl (C=O) groups excluding carboxylic acids is 1. The van der Waals surface area contributed by atoms with Crippen LogP contribution in [0.25, 0.3) is 0 Å². The molecule has 1 unspecified atom stereocenters. The molecule has 0 radical (unpaired) electrons. The van der Waals surface area contributed by atoms with Gasteiger partial charge in [0.05, 0.1) is 26.7 Å². The first-order chi connectivity index (χ1) is 12.1. The lowest BCUT2D eigenvalue weighted by Gasteiger charge is -2.25. The maximum Gasteiger partial charge on any atom is 0.227 e. The molecule has 132 valence electrons. The topological polar surface area (TPSA) is 38.8 Å². The second kappa shape index (κ2) is 7.60. The third-order valence-electron chi connectivity index (χ3n) is 4.84. The van der Waals surface area contributed by atoms with Crippen LogP contribution in [0.5, 0.6) is 11.5 Å². The summed E-state index contributed by atoms with van der Waals surface area (Å²) in [5.41, 5.74) is 3.41. The van der Waals surface area contributed by atoms with Crippen molar-refractivity contribution in [3.8, 4) is 11.5 Å². The van der Waals surface area contributed by atoms with E-state index >= 15 is 0 Å². The SMILES string of the molecule is COc1ccc(CC(=O)N2CCCC2c2ccc(C)cc2)cc1OC. The van der Waals surface area contributed by atoms with E-state index in [1.807, 2.05) is 23.1 Å². The number of methoxy groups -OCH3 is 2. The Balaban J connectivity index is 1.75. The zero-order chi connectivity index (χ0) is 17.8. The predicted molar refractivity (Wildman–Crippen MR) is 98.1 cm³/mol. The second-order valence-corrected chi connectivity index (χ2v) is 6.52. The number of rotatable bonds is 5. The summed E-state index contributed by atoms with van der Waals surface area (Å²) >= 11 is 0. The number of likely N-dealkylation sites (tertiary alicyclic amines) is 1. The molecule has 4 nitrogen and oxygen atoms in total.